The maximum absolute atomic E-state index is 14.2. The highest BCUT2D eigenvalue weighted by atomic mass is 32.2. The van der Waals surface area contributed by atoms with Gasteiger partial charge in [0.15, 0.2) is 17.8 Å². The van der Waals surface area contributed by atoms with Crippen molar-refractivity contribution in [1.29, 1.82) is 0 Å². The molecule has 2 amide bonds. The number of alkyl carbamates (subject to hydrolysis) is 1. The molecule has 0 aromatic heterocycles. The lowest BCUT2D eigenvalue weighted by Gasteiger charge is -2.35. The third-order valence-electron chi connectivity index (χ3n) is 8.55. The van der Waals surface area contributed by atoms with E-state index < -0.39 is 58.6 Å². The van der Waals surface area contributed by atoms with Crippen molar-refractivity contribution in [2.24, 2.45) is 11.3 Å². The van der Waals surface area contributed by atoms with E-state index in [0.29, 0.717) is 25.2 Å². The van der Waals surface area contributed by atoms with Crippen molar-refractivity contribution in [3.05, 3.63) is 54.1 Å². The zero-order chi connectivity index (χ0) is 33.6. The molecule has 0 spiro atoms. The number of rotatable bonds is 15. The van der Waals surface area contributed by atoms with E-state index in [0.717, 1.165) is 5.56 Å². The van der Waals surface area contributed by atoms with Crippen LogP contribution in [0.5, 0.6) is 11.5 Å². The van der Waals surface area contributed by atoms with Gasteiger partial charge in [0.25, 0.3) is 0 Å². The summed E-state index contributed by atoms with van der Waals surface area (Å²) in [6.45, 7) is 3.51. The third-order valence-corrected chi connectivity index (χ3v) is 10.4. The van der Waals surface area contributed by atoms with Crippen molar-refractivity contribution >= 4 is 22.0 Å². The van der Waals surface area contributed by atoms with Crippen molar-refractivity contribution in [2.45, 2.75) is 62.5 Å². The predicted molar refractivity (Wildman–Crippen MR) is 167 cm³/mol. The molecule has 258 valence electrons. The van der Waals surface area contributed by atoms with Crippen LogP contribution in [0.25, 0.3) is 0 Å². The lowest BCUT2D eigenvalue weighted by atomic mass is 9.89. The molecule has 0 saturated carbocycles. The van der Waals surface area contributed by atoms with Crippen LogP contribution in [0, 0.1) is 11.3 Å². The van der Waals surface area contributed by atoms with Gasteiger partial charge in [-0.1, -0.05) is 44.2 Å². The molecule has 0 radical (unpaired) electrons. The first kappa shape index (κ1) is 34.9. The van der Waals surface area contributed by atoms with E-state index in [4.69, 9.17) is 28.8 Å². The van der Waals surface area contributed by atoms with E-state index in [2.05, 4.69) is 10.6 Å². The molecule has 2 aromatic carbocycles. The highest BCUT2D eigenvalue weighted by molar-refractivity contribution is 7.89. The molecular weight excluding hydrogens is 634 g/mol. The van der Waals surface area contributed by atoms with Crippen LogP contribution in [0.15, 0.2) is 53.4 Å². The van der Waals surface area contributed by atoms with Crippen molar-refractivity contribution in [3.8, 4) is 11.5 Å². The Bertz CT molecular complexity index is 1490. The van der Waals surface area contributed by atoms with Gasteiger partial charge in [0.05, 0.1) is 36.2 Å². The van der Waals surface area contributed by atoms with Gasteiger partial charge in [-0.15, -0.1) is 0 Å². The summed E-state index contributed by atoms with van der Waals surface area (Å²) in [7, 11) is -4.22. The lowest BCUT2D eigenvalue weighted by Crippen LogP contribution is -2.52. The highest BCUT2D eigenvalue weighted by Crippen LogP contribution is 2.36. The fourth-order valence-electron chi connectivity index (χ4n) is 5.94. The van der Waals surface area contributed by atoms with E-state index in [1.165, 1.54) is 22.5 Å². The van der Waals surface area contributed by atoms with E-state index in [9.17, 15) is 23.1 Å². The monoisotopic (exact) mass is 677 g/mol. The van der Waals surface area contributed by atoms with Crippen LogP contribution in [-0.4, -0.2) is 106 Å². The van der Waals surface area contributed by atoms with Crippen LogP contribution in [-0.2, 0) is 35.4 Å². The minimum Gasteiger partial charge on any atom is -0.454 e. The number of ether oxygens (including phenoxy) is 5. The van der Waals surface area contributed by atoms with Gasteiger partial charge in [0.1, 0.15) is 12.7 Å². The second-order valence-electron chi connectivity index (χ2n) is 12.7. The maximum atomic E-state index is 14.2. The standard InChI is InChI=1S/C32H43N3O11S/c1-32(2,11-12-33-29(38)17-36)19-35(47(40,41)22-8-9-26-27(15-22)45-20-44-26)16-25(37)24(14-21-6-4-3-5-7-21)34-31(39)46-28-18-43-30-23(28)10-13-42-30/h3-9,15,23-25,28,30,36-37H,10-14,16-20H2,1-2H3,(H,33,38)(H,34,39)/t23-,24-,25+,28-,30+/m0/s1. The van der Waals surface area contributed by atoms with Gasteiger partial charge in [-0.25, -0.2) is 13.2 Å². The summed E-state index contributed by atoms with van der Waals surface area (Å²) >= 11 is 0. The topological polar surface area (TPSA) is 182 Å². The smallest absolute Gasteiger partial charge is 0.407 e. The molecule has 5 atom stereocenters. The molecule has 0 unspecified atom stereocenters. The molecule has 2 saturated heterocycles. The minimum atomic E-state index is -4.22. The van der Waals surface area contributed by atoms with Crippen LogP contribution in [0.3, 0.4) is 0 Å². The van der Waals surface area contributed by atoms with Gasteiger partial charge in [-0.05, 0) is 42.4 Å². The number of aliphatic hydroxyl groups excluding tert-OH is 2. The number of carbonyl (C=O) groups excluding carboxylic acids is 2. The number of carbonyl (C=O) groups is 2. The van der Waals surface area contributed by atoms with Crippen molar-refractivity contribution < 1.29 is 51.9 Å². The first-order chi connectivity index (χ1) is 22.4. The van der Waals surface area contributed by atoms with Crippen molar-refractivity contribution in [2.75, 3.05) is 46.2 Å². The number of aliphatic hydroxyl groups is 2. The summed E-state index contributed by atoms with van der Waals surface area (Å²) in [6.07, 6.45) is -1.77. The lowest BCUT2D eigenvalue weighted by molar-refractivity contribution is -0.123. The van der Waals surface area contributed by atoms with Gasteiger partial charge >= 0.3 is 6.09 Å². The summed E-state index contributed by atoms with van der Waals surface area (Å²) in [5.41, 5.74) is 0.130. The van der Waals surface area contributed by atoms with Gasteiger partial charge < -0.3 is 44.5 Å². The van der Waals surface area contributed by atoms with Crippen LogP contribution in [0.2, 0.25) is 0 Å². The second kappa shape index (κ2) is 15.2. The van der Waals surface area contributed by atoms with E-state index >= 15 is 0 Å². The Balaban J connectivity index is 1.37. The number of amides is 2. The average Bonchev–Trinajstić information content (AvgIpc) is 3.79. The molecule has 0 bridgehead atoms. The Morgan fingerprint density at radius 1 is 1.11 bits per heavy atom. The summed E-state index contributed by atoms with van der Waals surface area (Å²) in [6, 6.07) is 12.6. The summed E-state index contributed by atoms with van der Waals surface area (Å²) in [5.74, 6) is 0.0897. The summed E-state index contributed by atoms with van der Waals surface area (Å²) in [4.78, 5) is 24.7. The largest absolute Gasteiger partial charge is 0.454 e. The van der Waals surface area contributed by atoms with E-state index in [1.807, 2.05) is 44.2 Å². The Morgan fingerprint density at radius 3 is 2.64 bits per heavy atom. The molecule has 15 heteroatoms. The number of hydrogen-bond acceptors (Lipinski definition) is 11. The van der Waals surface area contributed by atoms with E-state index in [-0.39, 0.29) is 56.0 Å². The second-order valence-corrected chi connectivity index (χ2v) is 14.6. The van der Waals surface area contributed by atoms with Crippen LogP contribution >= 0.6 is 0 Å². The molecule has 0 aliphatic carbocycles. The Kier molecular flexibility index (Phi) is 11.3. The molecule has 3 heterocycles. The van der Waals surface area contributed by atoms with Gasteiger partial charge in [0, 0.05) is 25.7 Å². The number of benzene rings is 2. The molecule has 2 fully saturated rings. The van der Waals surface area contributed by atoms with Gasteiger partial charge in [-0.3, -0.25) is 4.79 Å². The van der Waals surface area contributed by atoms with Crippen molar-refractivity contribution in [1.82, 2.24) is 14.9 Å². The Morgan fingerprint density at radius 2 is 1.87 bits per heavy atom. The number of sulfonamides is 1. The fourth-order valence-corrected chi connectivity index (χ4v) is 7.61. The number of nitrogens with one attached hydrogen (secondary N) is 2. The number of fused-ring (bicyclic) bond motifs is 2. The Hall–Kier alpha value is -3.47. The molecule has 14 nitrogen and oxygen atoms in total. The van der Waals surface area contributed by atoms with Crippen LogP contribution < -0.4 is 20.1 Å². The predicted octanol–water partition coefficient (Wildman–Crippen LogP) is 1.39. The minimum absolute atomic E-state index is 0.0296. The quantitative estimate of drug-likeness (QED) is 0.214. The molecule has 3 aliphatic heterocycles. The van der Waals surface area contributed by atoms with Gasteiger partial charge in [-0.2, -0.15) is 4.31 Å². The Labute approximate surface area is 274 Å². The number of nitrogens with zero attached hydrogens (tertiary/aromatic N) is 1. The summed E-state index contributed by atoms with van der Waals surface area (Å²) in [5, 5.41) is 26.1. The fraction of sp³-hybridized carbons (Fsp3) is 0.562. The SMILES string of the molecule is CC(C)(CCNC(=O)CO)CN(C[C@@H](O)[C@H](Cc1ccccc1)NC(=O)O[C@H]1CO[C@H]2OCC[C@H]21)S(=O)(=O)c1ccc2c(c1)OCO2. The molecule has 3 aliphatic rings. The molecule has 5 rings (SSSR count). The average molecular weight is 678 g/mol. The van der Waals surface area contributed by atoms with E-state index in [1.54, 1.807) is 0 Å². The highest BCUT2D eigenvalue weighted by Gasteiger charge is 2.44. The van der Waals surface area contributed by atoms with Crippen LogP contribution in [0.4, 0.5) is 4.79 Å². The third kappa shape index (κ3) is 8.91. The normalized spacial score (nSPS) is 21.7. The van der Waals surface area contributed by atoms with Crippen molar-refractivity contribution in [3.63, 3.8) is 0 Å². The number of hydrogen-bond donors (Lipinski definition) is 4. The zero-order valence-electron chi connectivity index (χ0n) is 26.5. The van der Waals surface area contributed by atoms with Crippen LogP contribution in [0.1, 0.15) is 32.3 Å². The first-order valence-corrected chi connectivity index (χ1v) is 17.1. The molecule has 47 heavy (non-hydrogen) atoms. The first-order valence-electron chi connectivity index (χ1n) is 15.6. The molecular formula is C32H43N3O11S. The summed E-state index contributed by atoms with van der Waals surface area (Å²) < 4.78 is 57.1. The van der Waals surface area contributed by atoms with Gasteiger partial charge in [0.2, 0.25) is 22.7 Å². The molecule has 2 aromatic rings. The zero-order valence-corrected chi connectivity index (χ0v) is 27.3. The maximum Gasteiger partial charge on any atom is 0.407 e. The molecule has 4 N–H and O–H groups in total.